The minimum Gasteiger partial charge on any atom is -0.388 e. The maximum atomic E-state index is 11.0. The van der Waals surface area contributed by atoms with Crippen LogP contribution in [0.3, 0.4) is 0 Å². The SMILES string of the molecule is O=[N+]([O-])c1ccc(NC[C@H]2O[C@H](O)[C@H](O)[C@@H](O)[C@@H]2O)c([N+](=O)[O-])c1. The van der Waals surface area contributed by atoms with Crippen molar-refractivity contribution in [3.05, 3.63) is 38.4 Å². The Morgan fingerprint density at radius 3 is 2.29 bits per heavy atom. The molecule has 0 aromatic heterocycles. The first-order valence-corrected chi connectivity index (χ1v) is 6.76. The van der Waals surface area contributed by atoms with Crippen molar-refractivity contribution in [2.75, 3.05) is 11.9 Å². The molecule has 1 aliphatic rings. The topological polar surface area (TPSA) is 188 Å². The molecule has 1 saturated heterocycles. The average molecular weight is 345 g/mol. The molecule has 0 radical (unpaired) electrons. The first kappa shape index (κ1) is 18.0. The minimum atomic E-state index is -1.73. The first-order chi connectivity index (χ1) is 11.2. The van der Waals surface area contributed by atoms with Gasteiger partial charge in [0, 0.05) is 12.6 Å². The normalized spacial score (nSPS) is 29.9. The van der Waals surface area contributed by atoms with E-state index in [-0.39, 0.29) is 12.2 Å². The second-order valence-corrected chi connectivity index (χ2v) is 5.13. The molecule has 1 aliphatic heterocycles. The number of non-ortho nitro benzene ring substituents is 1. The Labute approximate surface area is 134 Å². The Morgan fingerprint density at radius 2 is 1.71 bits per heavy atom. The van der Waals surface area contributed by atoms with Crippen LogP contribution < -0.4 is 5.32 Å². The third-order valence-corrected chi connectivity index (χ3v) is 3.57. The van der Waals surface area contributed by atoms with Crippen molar-refractivity contribution in [2.24, 2.45) is 0 Å². The molecule has 12 heteroatoms. The van der Waals surface area contributed by atoms with Crippen molar-refractivity contribution in [2.45, 2.75) is 30.7 Å². The summed E-state index contributed by atoms with van der Waals surface area (Å²) in [6, 6.07) is 2.95. The quantitative estimate of drug-likeness (QED) is 0.317. The van der Waals surface area contributed by atoms with Gasteiger partial charge in [0.15, 0.2) is 6.29 Å². The number of hydrogen-bond acceptors (Lipinski definition) is 10. The predicted octanol–water partition coefficient (Wildman–Crippen LogP) is -1.29. The van der Waals surface area contributed by atoms with Crippen molar-refractivity contribution in [3.63, 3.8) is 0 Å². The van der Waals surface area contributed by atoms with Gasteiger partial charge < -0.3 is 30.5 Å². The molecule has 0 aliphatic carbocycles. The van der Waals surface area contributed by atoms with Gasteiger partial charge in [0.05, 0.1) is 15.9 Å². The molecule has 5 atom stereocenters. The molecule has 0 spiro atoms. The lowest BCUT2D eigenvalue weighted by molar-refractivity contribution is -0.393. The van der Waals surface area contributed by atoms with Crippen LogP contribution in [0.4, 0.5) is 17.1 Å². The molecule has 1 fully saturated rings. The number of anilines is 1. The summed E-state index contributed by atoms with van der Waals surface area (Å²) in [6.45, 7) is -0.263. The predicted molar refractivity (Wildman–Crippen MR) is 77.1 cm³/mol. The van der Waals surface area contributed by atoms with Gasteiger partial charge in [-0.25, -0.2) is 0 Å². The molecular formula is C12H15N3O9. The lowest BCUT2D eigenvalue weighted by atomic mass is 9.99. The number of hydrogen-bond donors (Lipinski definition) is 5. The molecule has 132 valence electrons. The number of aliphatic hydroxyl groups is 4. The molecule has 5 N–H and O–H groups in total. The van der Waals surface area contributed by atoms with E-state index in [1.807, 2.05) is 0 Å². The smallest absolute Gasteiger partial charge is 0.299 e. The van der Waals surface area contributed by atoms with E-state index in [9.17, 15) is 40.7 Å². The van der Waals surface area contributed by atoms with Gasteiger partial charge in [-0.05, 0) is 6.07 Å². The Kier molecular flexibility index (Phi) is 5.26. The van der Waals surface area contributed by atoms with E-state index in [1.54, 1.807) is 0 Å². The van der Waals surface area contributed by atoms with Crippen molar-refractivity contribution in [3.8, 4) is 0 Å². The fourth-order valence-electron chi connectivity index (χ4n) is 2.24. The number of rotatable bonds is 5. The molecule has 0 bridgehead atoms. The van der Waals surface area contributed by atoms with Gasteiger partial charge in [0.1, 0.15) is 30.1 Å². The standard InChI is InChI=1S/C12H15N3O9/c16-9-8(24-12(19)11(18)10(9)17)4-13-6-2-1-5(14(20)21)3-7(6)15(22)23/h1-3,8-13,16-19H,4H2/t8-,9-,10+,11-,12+/m1/s1. The highest BCUT2D eigenvalue weighted by molar-refractivity contribution is 5.65. The van der Waals surface area contributed by atoms with Crippen LogP contribution in [0.25, 0.3) is 0 Å². The third-order valence-electron chi connectivity index (χ3n) is 3.57. The first-order valence-electron chi connectivity index (χ1n) is 6.76. The highest BCUT2D eigenvalue weighted by Crippen LogP contribution is 2.29. The lowest BCUT2D eigenvalue weighted by Gasteiger charge is -2.38. The summed E-state index contributed by atoms with van der Waals surface area (Å²) in [7, 11) is 0. The van der Waals surface area contributed by atoms with Crippen LogP contribution in [-0.4, -0.2) is 67.5 Å². The molecule has 2 rings (SSSR count). The van der Waals surface area contributed by atoms with Crippen LogP contribution in [0, 0.1) is 20.2 Å². The maximum Gasteiger partial charge on any atom is 0.299 e. The molecule has 1 aromatic rings. The monoisotopic (exact) mass is 345 g/mol. The summed E-state index contributed by atoms with van der Waals surface area (Å²) in [6.07, 6.45) is -7.80. The molecule has 1 aromatic carbocycles. The van der Waals surface area contributed by atoms with E-state index in [1.165, 1.54) is 0 Å². The number of nitro groups is 2. The van der Waals surface area contributed by atoms with Crippen LogP contribution in [0.1, 0.15) is 0 Å². The van der Waals surface area contributed by atoms with E-state index in [0.717, 1.165) is 18.2 Å². The molecule has 1 heterocycles. The van der Waals surface area contributed by atoms with Crippen molar-refractivity contribution in [1.29, 1.82) is 0 Å². The number of nitro benzene ring substituents is 2. The number of aliphatic hydroxyl groups excluding tert-OH is 4. The van der Waals surface area contributed by atoms with Gasteiger partial charge in [-0.1, -0.05) is 0 Å². The third kappa shape index (κ3) is 3.58. The summed E-state index contributed by atoms with van der Waals surface area (Å²) in [5.74, 6) is 0. The average Bonchev–Trinajstić information content (AvgIpc) is 2.54. The van der Waals surface area contributed by atoms with Crippen molar-refractivity contribution < 1.29 is 35.0 Å². The van der Waals surface area contributed by atoms with Crippen molar-refractivity contribution in [1.82, 2.24) is 0 Å². The second-order valence-electron chi connectivity index (χ2n) is 5.13. The molecule has 24 heavy (non-hydrogen) atoms. The van der Waals surface area contributed by atoms with Gasteiger partial charge in [-0.3, -0.25) is 20.2 Å². The Bertz CT molecular complexity index is 640. The van der Waals surface area contributed by atoms with E-state index in [0.29, 0.717) is 0 Å². The highest BCUT2D eigenvalue weighted by atomic mass is 16.6. The fraction of sp³-hybridized carbons (Fsp3) is 0.500. The van der Waals surface area contributed by atoms with Gasteiger partial charge >= 0.3 is 0 Å². The zero-order valence-electron chi connectivity index (χ0n) is 12.1. The minimum absolute atomic E-state index is 0.0727. The number of nitrogens with zero attached hydrogens (tertiary/aromatic N) is 2. The van der Waals surface area contributed by atoms with Crippen molar-refractivity contribution >= 4 is 17.1 Å². The molecule has 0 amide bonds. The number of ether oxygens (including phenoxy) is 1. The van der Waals surface area contributed by atoms with E-state index >= 15 is 0 Å². The summed E-state index contributed by atoms with van der Waals surface area (Å²) >= 11 is 0. The van der Waals surface area contributed by atoms with Gasteiger partial charge in [-0.15, -0.1) is 0 Å². The van der Waals surface area contributed by atoms with E-state index in [2.05, 4.69) is 5.32 Å². The number of benzene rings is 1. The lowest BCUT2D eigenvalue weighted by Crippen LogP contribution is -2.59. The van der Waals surface area contributed by atoms with E-state index in [4.69, 9.17) is 4.74 Å². The van der Waals surface area contributed by atoms with Crippen LogP contribution >= 0.6 is 0 Å². The zero-order valence-corrected chi connectivity index (χ0v) is 12.1. The molecule has 12 nitrogen and oxygen atoms in total. The Balaban J connectivity index is 2.14. The molecule has 0 saturated carbocycles. The van der Waals surface area contributed by atoms with Crippen LogP contribution in [0.5, 0.6) is 0 Å². The largest absolute Gasteiger partial charge is 0.388 e. The van der Waals surface area contributed by atoms with E-state index < -0.39 is 51.9 Å². The summed E-state index contributed by atoms with van der Waals surface area (Å²) in [5.41, 5.74) is -1.10. The maximum absolute atomic E-state index is 11.0. The number of nitrogens with one attached hydrogen (secondary N) is 1. The molecule has 0 unspecified atom stereocenters. The Morgan fingerprint density at radius 1 is 1.04 bits per heavy atom. The summed E-state index contributed by atoms with van der Waals surface area (Å²) in [4.78, 5) is 20.1. The van der Waals surface area contributed by atoms with Crippen LogP contribution in [0.15, 0.2) is 18.2 Å². The summed E-state index contributed by atoms with van der Waals surface area (Å²) in [5, 5.41) is 62.4. The second kappa shape index (κ2) is 7.02. The fourth-order valence-corrected chi connectivity index (χ4v) is 2.24. The molecular weight excluding hydrogens is 330 g/mol. The van der Waals surface area contributed by atoms with Gasteiger partial charge in [0.25, 0.3) is 11.4 Å². The summed E-state index contributed by atoms with van der Waals surface area (Å²) < 4.78 is 4.92. The van der Waals surface area contributed by atoms with Crippen LogP contribution in [0.2, 0.25) is 0 Å². The van der Waals surface area contributed by atoms with Gasteiger partial charge in [-0.2, -0.15) is 0 Å². The highest BCUT2D eigenvalue weighted by Gasteiger charge is 2.42. The van der Waals surface area contributed by atoms with Gasteiger partial charge in [0.2, 0.25) is 0 Å². The Hall–Kier alpha value is -2.38. The van der Waals surface area contributed by atoms with Crippen LogP contribution in [-0.2, 0) is 4.74 Å². The zero-order chi connectivity index (χ0) is 18.0.